The first-order valence-electron chi connectivity index (χ1n) is 8.97. The molecule has 1 amide bonds. The Morgan fingerprint density at radius 2 is 1.96 bits per heavy atom. The van der Waals surface area contributed by atoms with Crippen molar-refractivity contribution in [3.8, 4) is 11.5 Å². The first-order chi connectivity index (χ1) is 13.8. The number of carbonyl (C=O) groups is 1. The van der Waals surface area contributed by atoms with Crippen molar-refractivity contribution in [2.45, 2.75) is 6.54 Å². The van der Waals surface area contributed by atoms with Crippen molar-refractivity contribution in [1.29, 1.82) is 0 Å². The number of pyridine rings is 1. The van der Waals surface area contributed by atoms with Crippen molar-refractivity contribution in [2.75, 3.05) is 6.79 Å². The molecule has 6 nitrogen and oxygen atoms in total. The topological polar surface area (TPSA) is 76.2 Å². The van der Waals surface area contributed by atoms with E-state index in [-0.39, 0.29) is 12.7 Å². The van der Waals surface area contributed by atoms with E-state index in [9.17, 15) is 4.79 Å². The minimum absolute atomic E-state index is 0.182. The molecule has 138 valence electrons. The molecule has 0 unspecified atom stereocenters. The van der Waals surface area contributed by atoms with Crippen LogP contribution in [0.4, 0.5) is 0 Å². The highest BCUT2D eigenvalue weighted by molar-refractivity contribution is 6.07. The van der Waals surface area contributed by atoms with E-state index in [0.717, 1.165) is 38.8 Å². The lowest BCUT2D eigenvalue weighted by Gasteiger charge is -2.04. The second kappa shape index (κ2) is 6.74. The van der Waals surface area contributed by atoms with Gasteiger partial charge in [0, 0.05) is 28.9 Å². The Balaban J connectivity index is 1.28. The molecule has 4 aromatic rings. The molecule has 0 fully saturated rings. The Kier molecular flexibility index (Phi) is 3.94. The molecule has 28 heavy (non-hydrogen) atoms. The number of para-hydroxylation sites is 1. The van der Waals surface area contributed by atoms with E-state index in [4.69, 9.17) is 9.47 Å². The lowest BCUT2D eigenvalue weighted by molar-refractivity contribution is -0.116. The third-order valence-electron chi connectivity index (χ3n) is 4.72. The number of hydrogen-bond donors (Lipinski definition) is 2. The highest BCUT2D eigenvalue weighted by Crippen LogP contribution is 2.32. The largest absolute Gasteiger partial charge is 0.454 e. The molecule has 3 heterocycles. The van der Waals surface area contributed by atoms with E-state index < -0.39 is 0 Å². The van der Waals surface area contributed by atoms with Crippen LogP contribution >= 0.6 is 0 Å². The fourth-order valence-corrected chi connectivity index (χ4v) is 3.32. The number of hydrogen-bond acceptors (Lipinski definition) is 4. The van der Waals surface area contributed by atoms with Crippen LogP contribution in [-0.4, -0.2) is 22.7 Å². The second-order valence-electron chi connectivity index (χ2n) is 6.56. The molecule has 0 saturated carbocycles. The summed E-state index contributed by atoms with van der Waals surface area (Å²) in [6.45, 7) is 0.649. The molecule has 0 radical (unpaired) electrons. The summed E-state index contributed by atoms with van der Waals surface area (Å²) in [7, 11) is 0. The van der Waals surface area contributed by atoms with Crippen molar-refractivity contribution < 1.29 is 14.3 Å². The minimum Gasteiger partial charge on any atom is -0.454 e. The standard InChI is InChI=1S/C22H17N3O3/c26-22(24-11-14-5-7-20-21(9-14)28-13-27-20)8-6-15-10-17-16-3-1-2-4-18(16)25-19(17)12-23-15/h1-10,12,25H,11,13H2,(H,24,26)/b8-6+. The van der Waals surface area contributed by atoms with Gasteiger partial charge in [0.2, 0.25) is 12.7 Å². The van der Waals surface area contributed by atoms with Crippen LogP contribution in [0, 0.1) is 0 Å². The van der Waals surface area contributed by atoms with E-state index in [1.165, 1.54) is 6.08 Å². The molecule has 0 aliphatic carbocycles. The van der Waals surface area contributed by atoms with E-state index in [1.54, 1.807) is 12.3 Å². The Hall–Kier alpha value is -3.80. The molecular formula is C22H17N3O3. The molecule has 1 aliphatic rings. The lowest BCUT2D eigenvalue weighted by Crippen LogP contribution is -2.20. The predicted molar refractivity (Wildman–Crippen MR) is 107 cm³/mol. The summed E-state index contributed by atoms with van der Waals surface area (Å²) in [5, 5.41) is 5.10. The summed E-state index contributed by atoms with van der Waals surface area (Å²) in [5.74, 6) is 1.26. The van der Waals surface area contributed by atoms with Gasteiger partial charge in [0.25, 0.3) is 0 Å². The number of rotatable bonds is 4. The Morgan fingerprint density at radius 1 is 1.07 bits per heavy atom. The molecular weight excluding hydrogens is 354 g/mol. The highest BCUT2D eigenvalue weighted by atomic mass is 16.7. The molecule has 1 aliphatic heterocycles. The highest BCUT2D eigenvalue weighted by Gasteiger charge is 2.13. The Morgan fingerprint density at radius 3 is 2.93 bits per heavy atom. The summed E-state index contributed by atoms with van der Waals surface area (Å²) in [6.07, 6.45) is 5.01. The van der Waals surface area contributed by atoms with Crippen LogP contribution in [0.25, 0.3) is 27.9 Å². The third kappa shape index (κ3) is 3.05. The monoisotopic (exact) mass is 371 g/mol. The zero-order valence-corrected chi connectivity index (χ0v) is 14.9. The van der Waals surface area contributed by atoms with Crippen molar-refractivity contribution in [2.24, 2.45) is 0 Å². The van der Waals surface area contributed by atoms with Crippen LogP contribution in [0.1, 0.15) is 11.3 Å². The summed E-state index contributed by atoms with van der Waals surface area (Å²) in [4.78, 5) is 19.9. The number of carbonyl (C=O) groups excluding carboxylic acids is 1. The minimum atomic E-state index is -0.182. The number of fused-ring (bicyclic) bond motifs is 4. The number of aromatic amines is 1. The maximum absolute atomic E-state index is 12.2. The lowest BCUT2D eigenvalue weighted by atomic mass is 10.1. The molecule has 2 N–H and O–H groups in total. The first-order valence-corrected chi connectivity index (χ1v) is 8.97. The van der Waals surface area contributed by atoms with Gasteiger partial charge in [-0.05, 0) is 35.9 Å². The van der Waals surface area contributed by atoms with Gasteiger partial charge in [-0.15, -0.1) is 0 Å². The Labute approximate surface area is 160 Å². The van der Waals surface area contributed by atoms with Gasteiger partial charge in [-0.1, -0.05) is 24.3 Å². The fraction of sp³-hybridized carbons (Fsp3) is 0.0909. The summed E-state index contributed by atoms with van der Waals surface area (Å²) < 4.78 is 10.6. The normalized spacial score (nSPS) is 12.9. The Bertz CT molecular complexity index is 1230. The predicted octanol–water partition coefficient (Wildman–Crippen LogP) is 3.77. The number of nitrogens with zero attached hydrogens (tertiary/aromatic N) is 1. The molecule has 2 aromatic heterocycles. The van der Waals surface area contributed by atoms with Gasteiger partial charge in [0.05, 0.1) is 17.4 Å². The van der Waals surface area contributed by atoms with Gasteiger partial charge in [-0.2, -0.15) is 0 Å². The van der Waals surface area contributed by atoms with E-state index >= 15 is 0 Å². The molecule has 0 bridgehead atoms. The number of benzene rings is 2. The quantitative estimate of drug-likeness (QED) is 0.536. The maximum atomic E-state index is 12.2. The average Bonchev–Trinajstić information content (AvgIpc) is 3.34. The van der Waals surface area contributed by atoms with Gasteiger partial charge in [-0.3, -0.25) is 9.78 Å². The molecule has 2 aromatic carbocycles. The zero-order chi connectivity index (χ0) is 18.9. The summed E-state index contributed by atoms with van der Waals surface area (Å²) in [5.41, 5.74) is 3.73. The van der Waals surface area contributed by atoms with Crippen molar-refractivity contribution in [3.05, 3.63) is 72.1 Å². The number of nitrogens with one attached hydrogen (secondary N) is 2. The van der Waals surface area contributed by atoms with Gasteiger partial charge < -0.3 is 19.8 Å². The van der Waals surface area contributed by atoms with Gasteiger partial charge in [0.15, 0.2) is 11.5 Å². The number of ether oxygens (including phenoxy) is 2. The van der Waals surface area contributed by atoms with Crippen LogP contribution in [0.2, 0.25) is 0 Å². The van der Waals surface area contributed by atoms with Crippen LogP contribution < -0.4 is 14.8 Å². The van der Waals surface area contributed by atoms with E-state index in [1.807, 2.05) is 42.5 Å². The number of aromatic nitrogens is 2. The molecule has 0 spiro atoms. The number of H-pyrrole nitrogens is 1. The van der Waals surface area contributed by atoms with Crippen LogP contribution in [0.3, 0.4) is 0 Å². The second-order valence-corrected chi connectivity index (χ2v) is 6.56. The molecule has 0 saturated heterocycles. The van der Waals surface area contributed by atoms with E-state index in [2.05, 4.69) is 21.4 Å². The third-order valence-corrected chi connectivity index (χ3v) is 4.72. The maximum Gasteiger partial charge on any atom is 0.244 e. The first kappa shape index (κ1) is 16.4. The smallest absolute Gasteiger partial charge is 0.244 e. The zero-order valence-electron chi connectivity index (χ0n) is 14.9. The SMILES string of the molecule is O=C(/C=C/c1cc2c(cn1)[nH]c1ccccc12)NCc1ccc2c(c1)OCO2. The molecule has 6 heteroatoms. The van der Waals surface area contributed by atoms with E-state index in [0.29, 0.717) is 12.3 Å². The van der Waals surface area contributed by atoms with Gasteiger partial charge >= 0.3 is 0 Å². The molecule has 5 rings (SSSR count). The fourth-order valence-electron chi connectivity index (χ4n) is 3.32. The summed E-state index contributed by atoms with van der Waals surface area (Å²) in [6, 6.07) is 15.7. The van der Waals surface area contributed by atoms with Crippen LogP contribution in [0.5, 0.6) is 11.5 Å². The summed E-state index contributed by atoms with van der Waals surface area (Å²) >= 11 is 0. The van der Waals surface area contributed by atoms with Gasteiger partial charge in [0.1, 0.15) is 0 Å². The number of amides is 1. The van der Waals surface area contributed by atoms with Crippen LogP contribution in [0.15, 0.2) is 60.8 Å². The van der Waals surface area contributed by atoms with Crippen molar-refractivity contribution >= 4 is 33.8 Å². The van der Waals surface area contributed by atoms with Crippen molar-refractivity contribution in [1.82, 2.24) is 15.3 Å². The average molecular weight is 371 g/mol. The van der Waals surface area contributed by atoms with Gasteiger partial charge in [-0.25, -0.2) is 0 Å². The van der Waals surface area contributed by atoms with Crippen molar-refractivity contribution in [3.63, 3.8) is 0 Å². The van der Waals surface area contributed by atoms with Crippen LogP contribution in [-0.2, 0) is 11.3 Å². The molecule has 0 atom stereocenters.